The first kappa shape index (κ1) is 16.9. The summed E-state index contributed by atoms with van der Waals surface area (Å²) >= 11 is 0. The fraction of sp³-hybridized carbons (Fsp3) is 0.533. The average molecular weight is 293 g/mol. The van der Waals surface area contributed by atoms with Gasteiger partial charge in [-0.1, -0.05) is 19.8 Å². The molecule has 1 aromatic rings. The molecule has 0 saturated heterocycles. The zero-order valence-electron chi connectivity index (χ0n) is 12.7. The Bertz CT molecular complexity index is 480. The molecule has 0 aromatic carbocycles. The molecule has 0 saturated carbocycles. The summed E-state index contributed by atoms with van der Waals surface area (Å²) in [5.41, 5.74) is 0. The summed E-state index contributed by atoms with van der Waals surface area (Å²) < 4.78 is 6.75. The second-order valence-electron chi connectivity index (χ2n) is 4.57. The molecule has 1 aromatic heterocycles. The quantitative estimate of drug-likeness (QED) is 0.428. The molecule has 0 spiro atoms. The van der Waals surface area contributed by atoms with E-state index < -0.39 is 5.97 Å². The third-order valence-electron chi connectivity index (χ3n) is 2.90. The molecule has 0 atom stereocenters. The van der Waals surface area contributed by atoms with Crippen molar-refractivity contribution in [2.75, 3.05) is 13.2 Å². The van der Waals surface area contributed by atoms with Gasteiger partial charge in [-0.15, -0.1) is 0 Å². The number of nitrogens with one attached hydrogen (secondary N) is 1. The lowest BCUT2D eigenvalue weighted by atomic mass is 10.2. The van der Waals surface area contributed by atoms with Gasteiger partial charge in [-0.2, -0.15) is 0 Å². The van der Waals surface area contributed by atoms with E-state index in [9.17, 15) is 9.59 Å². The number of aromatic nitrogens is 2. The van der Waals surface area contributed by atoms with Gasteiger partial charge < -0.3 is 14.6 Å². The van der Waals surface area contributed by atoms with E-state index in [0.29, 0.717) is 12.4 Å². The monoisotopic (exact) mass is 293 g/mol. The molecule has 21 heavy (non-hydrogen) atoms. The van der Waals surface area contributed by atoms with Crippen molar-refractivity contribution in [1.29, 1.82) is 0 Å². The summed E-state index contributed by atoms with van der Waals surface area (Å²) in [6.45, 7) is 5.22. The number of amides is 1. The molecule has 0 unspecified atom stereocenters. The van der Waals surface area contributed by atoms with Crippen LogP contribution in [0.5, 0.6) is 0 Å². The van der Waals surface area contributed by atoms with Gasteiger partial charge in [0.15, 0.2) is 6.61 Å². The zero-order valence-corrected chi connectivity index (χ0v) is 12.7. The van der Waals surface area contributed by atoms with Crippen molar-refractivity contribution >= 4 is 18.0 Å². The molecule has 6 heteroatoms. The first-order chi connectivity index (χ1) is 10.2. The Morgan fingerprint density at radius 1 is 1.38 bits per heavy atom. The van der Waals surface area contributed by atoms with Crippen LogP contribution in [-0.4, -0.2) is 34.6 Å². The second-order valence-corrected chi connectivity index (χ2v) is 4.57. The molecule has 116 valence electrons. The van der Waals surface area contributed by atoms with Gasteiger partial charge in [0, 0.05) is 31.6 Å². The van der Waals surface area contributed by atoms with Crippen LogP contribution in [0.1, 0.15) is 38.9 Å². The molecule has 1 amide bonds. The molecule has 0 bridgehead atoms. The van der Waals surface area contributed by atoms with Gasteiger partial charge in [0.2, 0.25) is 0 Å². The number of esters is 1. The number of unbranched alkanes of at least 4 members (excludes halogenated alkanes) is 2. The Kier molecular flexibility index (Phi) is 7.86. The van der Waals surface area contributed by atoms with Crippen molar-refractivity contribution in [3.63, 3.8) is 0 Å². The van der Waals surface area contributed by atoms with Crippen molar-refractivity contribution in [3.05, 3.63) is 24.3 Å². The zero-order chi connectivity index (χ0) is 15.5. The molecule has 0 fully saturated rings. The lowest BCUT2D eigenvalue weighted by Crippen LogP contribution is -2.29. The van der Waals surface area contributed by atoms with Crippen molar-refractivity contribution in [3.8, 4) is 0 Å². The van der Waals surface area contributed by atoms with E-state index in [4.69, 9.17) is 4.74 Å². The highest BCUT2D eigenvalue weighted by atomic mass is 16.5. The Balaban J connectivity index is 2.26. The number of carbonyl (C=O) groups is 2. The third kappa shape index (κ3) is 6.74. The van der Waals surface area contributed by atoms with E-state index >= 15 is 0 Å². The van der Waals surface area contributed by atoms with Gasteiger partial charge in [-0.05, 0) is 19.4 Å². The van der Waals surface area contributed by atoms with Crippen molar-refractivity contribution in [2.24, 2.45) is 0 Å². The molecule has 0 aliphatic heterocycles. The summed E-state index contributed by atoms with van der Waals surface area (Å²) in [6.07, 6.45) is 9.46. The summed E-state index contributed by atoms with van der Waals surface area (Å²) in [5.74, 6) is -0.147. The lowest BCUT2D eigenvalue weighted by Gasteiger charge is -2.04. The number of imidazole rings is 1. The minimum absolute atomic E-state index is 0.252. The van der Waals surface area contributed by atoms with Crippen LogP contribution < -0.4 is 5.32 Å². The normalized spacial score (nSPS) is 10.8. The van der Waals surface area contributed by atoms with E-state index in [1.165, 1.54) is 6.08 Å². The standard InChI is InChI=1S/C15H23N3O3/c1-3-5-6-9-17-14(19)12-21-15(20)8-7-13-16-10-11-18(13)4-2/h7-8,10-11H,3-6,9,12H2,1-2H3,(H,17,19). The summed E-state index contributed by atoms with van der Waals surface area (Å²) in [5, 5.41) is 2.70. The summed E-state index contributed by atoms with van der Waals surface area (Å²) in [4.78, 5) is 27.0. The maximum Gasteiger partial charge on any atom is 0.331 e. The first-order valence-corrected chi connectivity index (χ1v) is 7.30. The number of aryl methyl sites for hydroxylation is 1. The number of ether oxygens (including phenoxy) is 1. The third-order valence-corrected chi connectivity index (χ3v) is 2.90. The maximum absolute atomic E-state index is 11.5. The molecule has 0 radical (unpaired) electrons. The maximum atomic E-state index is 11.5. The van der Waals surface area contributed by atoms with Crippen LogP contribution in [0.2, 0.25) is 0 Å². The molecular weight excluding hydrogens is 270 g/mol. The summed E-state index contributed by atoms with van der Waals surface area (Å²) in [6, 6.07) is 0. The van der Waals surface area contributed by atoms with Gasteiger partial charge in [-0.3, -0.25) is 4.79 Å². The van der Waals surface area contributed by atoms with E-state index in [1.54, 1.807) is 12.3 Å². The number of hydrogen-bond acceptors (Lipinski definition) is 4. The predicted octanol–water partition coefficient (Wildman–Crippen LogP) is 1.77. The lowest BCUT2D eigenvalue weighted by molar-refractivity contribution is -0.143. The summed E-state index contributed by atoms with van der Waals surface area (Å²) in [7, 11) is 0. The van der Waals surface area contributed by atoms with E-state index in [2.05, 4.69) is 17.2 Å². The highest BCUT2D eigenvalue weighted by Gasteiger charge is 2.04. The van der Waals surface area contributed by atoms with Gasteiger partial charge in [0.05, 0.1) is 0 Å². The van der Waals surface area contributed by atoms with E-state index in [0.717, 1.165) is 25.8 Å². The Labute approximate surface area is 125 Å². The number of hydrogen-bond donors (Lipinski definition) is 1. The largest absolute Gasteiger partial charge is 0.452 e. The molecule has 1 N–H and O–H groups in total. The number of rotatable bonds is 9. The van der Waals surface area contributed by atoms with Gasteiger partial charge in [0.1, 0.15) is 5.82 Å². The highest BCUT2D eigenvalue weighted by molar-refractivity contribution is 5.88. The van der Waals surface area contributed by atoms with Gasteiger partial charge >= 0.3 is 5.97 Å². The van der Waals surface area contributed by atoms with Gasteiger partial charge in [0.25, 0.3) is 5.91 Å². The predicted molar refractivity (Wildman–Crippen MR) is 80.4 cm³/mol. The van der Waals surface area contributed by atoms with Crippen LogP contribution in [0.15, 0.2) is 18.5 Å². The fourth-order valence-corrected chi connectivity index (χ4v) is 1.73. The fourth-order valence-electron chi connectivity index (χ4n) is 1.73. The van der Waals surface area contributed by atoms with Gasteiger partial charge in [-0.25, -0.2) is 9.78 Å². The van der Waals surface area contributed by atoms with Crippen LogP contribution in [0.25, 0.3) is 6.08 Å². The van der Waals surface area contributed by atoms with Crippen molar-refractivity contribution < 1.29 is 14.3 Å². The number of nitrogens with zero attached hydrogens (tertiary/aromatic N) is 2. The van der Waals surface area contributed by atoms with E-state index in [-0.39, 0.29) is 12.5 Å². The molecule has 6 nitrogen and oxygen atoms in total. The molecule has 0 aliphatic carbocycles. The smallest absolute Gasteiger partial charge is 0.331 e. The Hall–Kier alpha value is -2.11. The van der Waals surface area contributed by atoms with Crippen molar-refractivity contribution in [1.82, 2.24) is 14.9 Å². The first-order valence-electron chi connectivity index (χ1n) is 7.30. The molecule has 1 heterocycles. The Morgan fingerprint density at radius 2 is 2.19 bits per heavy atom. The van der Waals surface area contributed by atoms with Crippen LogP contribution in [0.4, 0.5) is 0 Å². The minimum atomic E-state index is -0.552. The number of carbonyl (C=O) groups excluding carboxylic acids is 2. The SMILES string of the molecule is CCCCCNC(=O)COC(=O)C=Cc1nccn1CC. The second kappa shape index (κ2) is 9.74. The topological polar surface area (TPSA) is 73.2 Å². The van der Waals surface area contributed by atoms with Crippen LogP contribution >= 0.6 is 0 Å². The molecular formula is C15H23N3O3. The molecule has 0 aliphatic rings. The minimum Gasteiger partial charge on any atom is -0.452 e. The Morgan fingerprint density at radius 3 is 2.90 bits per heavy atom. The van der Waals surface area contributed by atoms with E-state index in [1.807, 2.05) is 17.7 Å². The highest BCUT2D eigenvalue weighted by Crippen LogP contribution is 2.00. The van der Waals surface area contributed by atoms with Crippen LogP contribution in [0.3, 0.4) is 0 Å². The van der Waals surface area contributed by atoms with Crippen LogP contribution in [0, 0.1) is 0 Å². The van der Waals surface area contributed by atoms with Crippen LogP contribution in [-0.2, 0) is 20.9 Å². The molecule has 1 rings (SSSR count). The average Bonchev–Trinajstić information content (AvgIpc) is 2.95. The van der Waals surface area contributed by atoms with Crippen molar-refractivity contribution in [2.45, 2.75) is 39.7 Å².